The number of carbonyl (C=O) groups is 1. The van der Waals surface area contributed by atoms with E-state index in [-0.39, 0.29) is 18.6 Å². The zero-order valence-corrected chi connectivity index (χ0v) is 13.5. The van der Waals surface area contributed by atoms with Gasteiger partial charge in [0.15, 0.2) is 6.61 Å². The van der Waals surface area contributed by atoms with Crippen LogP contribution in [0, 0.1) is 5.92 Å². The van der Waals surface area contributed by atoms with E-state index in [9.17, 15) is 4.79 Å². The maximum atomic E-state index is 12.2. The fourth-order valence-corrected chi connectivity index (χ4v) is 2.82. The van der Waals surface area contributed by atoms with Crippen LogP contribution in [-0.4, -0.2) is 36.5 Å². The Balaban J connectivity index is 1.91. The maximum absolute atomic E-state index is 12.2. The minimum atomic E-state index is -0.0450. The third kappa shape index (κ3) is 4.50. The molecule has 1 amide bonds. The van der Waals surface area contributed by atoms with Gasteiger partial charge in [-0.25, -0.2) is 0 Å². The van der Waals surface area contributed by atoms with Gasteiger partial charge in [0.2, 0.25) is 0 Å². The van der Waals surface area contributed by atoms with Crippen molar-refractivity contribution in [3.63, 3.8) is 0 Å². The van der Waals surface area contributed by atoms with Crippen molar-refractivity contribution in [1.29, 1.82) is 0 Å². The second-order valence-corrected chi connectivity index (χ2v) is 6.31. The topological polar surface area (TPSA) is 55.6 Å². The van der Waals surface area contributed by atoms with Gasteiger partial charge in [-0.3, -0.25) is 4.79 Å². The van der Waals surface area contributed by atoms with Crippen molar-refractivity contribution in [2.45, 2.75) is 25.8 Å². The molecule has 2 rings (SSSR count). The van der Waals surface area contributed by atoms with Gasteiger partial charge >= 0.3 is 0 Å². The predicted molar refractivity (Wildman–Crippen MR) is 84.9 cm³/mol. The first-order valence-electron chi connectivity index (χ1n) is 7.08. The molecule has 1 aliphatic rings. The van der Waals surface area contributed by atoms with Crippen molar-refractivity contribution in [3.05, 3.63) is 28.2 Å². The van der Waals surface area contributed by atoms with E-state index >= 15 is 0 Å². The lowest BCUT2D eigenvalue weighted by atomic mass is 9.92. The summed E-state index contributed by atoms with van der Waals surface area (Å²) in [4.78, 5) is 14.0. The van der Waals surface area contributed by atoms with E-state index in [0.717, 1.165) is 19.4 Å². The smallest absolute Gasteiger partial charge is 0.260 e. The van der Waals surface area contributed by atoms with Gasteiger partial charge in [0.05, 0.1) is 5.02 Å². The van der Waals surface area contributed by atoms with Crippen LogP contribution in [0.2, 0.25) is 10.0 Å². The molecule has 0 aromatic heterocycles. The molecule has 21 heavy (non-hydrogen) atoms. The first-order valence-corrected chi connectivity index (χ1v) is 7.84. The van der Waals surface area contributed by atoms with Gasteiger partial charge in [-0.15, -0.1) is 0 Å². The van der Waals surface area contributed by atoms with Gasteiger partial charge in [0.1, 0.15) is 5.75 Å². The van der Waals surface area contributed by atoms with Crippen LogP contribution in [0.15, 0.2) is 18.2 Å². The molecule has 1 fully saturated rings. The molecule has 1 heterocycles. The molecule has 0 aliphatic carbocycles. The van der Waals surface area contributed by atoms with Gasteiger partial charge in [-0.1, -0.05) is 23.2 Å². The van der Waals surface area contributed by atoms with E-state index in [2.05, 4.69) is 0 Å². The molecule has 1 saturated heterocycles. The molecule has 2 N–H and O–H groups in total. The number of nitrogens with two attached hydrogens (primary N) is 1. The maximum Gasteiger partial charge on any atom is 0.260 e. The van der Waals surface area contributed by atoms with Crippen molar-refractivity contribution < 1.29 is 9.53 Å². The summed E-state index contributed by atoms with van der Waals surface area (Å²) < 4.78 is 5.49. The Morgan fingerprint density at radius 1 is 1.52 bits per heavy atom. The van der Waals surface area contributed by atoms with Gasteiger partial charge in [0.25, 0.3) is 5.91 Å². The van der Waals surface area contributed by atoms with Crippen LogP contribution in [0.5, 0.6) is 5.75 Å². The van der Waals surface area contributed by atoms with Gasteiger partial charge in [-0.2, -0.15) is 0 Å². The van der Waals surface area contributed by atoms with E-state index in [1.54, 1.807) is 18.2 Å². The van der Waals surface area contributed by atoms with E-state index < -0.39 is 0 Å². The Kier molecular flexibility index (Phi) is 5.73. The molecule has 1 aliphatic heterocycles. The van der Waals surface area contributed by atoms with E-state index in [0.29, 0.717) is 28.3 Å². The summed E-state index contributed by atoms with van der Waals surface area (Å²) in [6.07, 6.45) is 2.05. The first kappa shape index (κ1) is 16.4. The van der Waals surface area contributed by atoms with Crippen molar-refractivity contribution in [2.24, 2.45) is 11.7 Å². The molecule has 116 valence electrons. The number of hydrogen-bond acceptors (Lipinski definition) is 3. The predicted octanol–water partition coefficient (Wildman–Crippen LogP) is 2.96. The highest BCUT2D eigenvalue weighted by Crippen LogP contribution is 2.27. The molecule has 0 unspecified atom stereocenters. The fraction of sp³-hybridized carbons (Fsp3) is 0.533. The van der Waals surface area contributed by atoms with E-state index in [1.165, 1.54) is 0 Å². The number of likely N-dealkylation sites (tertiary alicyclic amines) is 1. The van der Waals surface area contributed by atoms with Gasteiger partial charge < -0.3 is 15.4 Å². The zero-order chi connectivity index (χ0) is 15.4. The SMILES string of the molecule is C[C@H](N)[C@H]1CCCN(C(=O)COc2cc(Cl)ccc2Cl)C1. The zero-order valence-electron chi connectivity index (χ0n) is 12.0. The molecular formula is C15H20Cl2N2O2. The number of piperidine rings is 1. The Hall–Kier alpha value is -0.970. The standard InChI is InChI=1S/C15H20Cl2N2O2/c1-10(18)11-3-2-6-19(8-11)15(20)9-21-14-7-12(16)4-5-13(14)17/h4-5,7,10-11H,2-3,6,8-9,18H2,1H3/t10-,11-/m0/s1. The highest BCUT2D eigenvalue weighted by atomic mass is 35.5. The lowest BCUT2D eigenvalue weighted by Gasteiger charge is -2.34. The summed E-state index contributed by atoms with van der Waals surface area (Å²) in [6, 6.07) is 5.04. The number of rotatable bonds is 4. The molecule has 0 saturated carbocycles. The summed E-state index contributed by atoms with van der Waals surface area (Å²) in [5.41, 5.74) is 5.93. The molecular weight excluding hydrogens is 311 g/mol. The lowest BCUT2D eigenvalue weighted by Crippen LogP contribution is -2.46. The minimum Gasteiger partial charge on any atom is -0.482 e. The Morgan fingerprint density at radius 3 is 3.00 bits per heavy atom. The van der Waals surface area contributed by atoms with Crippen molar-refractivity contribution in [1.82, 2.24) is 4.90 Å². The Morgan fingerprint density at radius 2 is 2.29 bits per heavy atom. The lowest BCUT2D eigenvalue weighted by molar-refractivity contribution is -0.135. The first-order chi connectivity index (χ1) is 9.97. The number of hydrogen-bond donors (Lipinski definition) is 1. The molecule has 1 aromatic carbocycles. The summed E-state index contributed by atoms with van der Waals surface area (Å²) in [7, 11) is 0. The van der Waals surface area contributed by atoms with E-state index in [1.807, 2.05) is 11.8 Å². The number of carbonyl (C=O) groups excluding carboxylic acids is 1. The number of benzene rings is 1. The summed E-state index contributed by atoms with van der Waals surface area (Å²) in [5, 5.41) is 0.969. The van der Waals surface area contributed by atoms with Gasteiger partial charge in [0, 0.05) is 30.2 Å². The van der Waals surface area contributed by atoms with Crippen LogP contribution in [0.25, 0.3) is 0 Å². The van der Waals surface area contributed by atoms with Crippen LogP contribution in [0.3, 0.4) is 0 Å². The largest absolute Gasteiger partial charge is 0.482 e. The van der Waals surface area contributed by atoms with Crippen molar-refractivity contribution >= 4 is 29.1 Å². The molecule has 6 heteroatoms. The quantitative estimate of drug-likeness (QED) is 0.923. The number of halogens is 2. The molecule has 0 bridgehead atoms. The molecule has 0 spiro atoms. The average molecular weight is 331 g/mol. The molecule has 4 nitrogen and oxygen atoms in total. The van der Waals surface area contributed by atoms with Crippen LogP contribution < -0.4 is 10.5 Å². The third-order valence-electron chi connectivity index (χ3n) is 3.80. The second-order valence-electron chi connectivity index (χ2n) is 5.46. The summed E-state index contributed by atoms with van der Waals surface area (Å²) in [6.45, 7) is 3.41. The minimum absolute atomic E-state index is 0.0360. The van der Waals surface area contributed by atoms with Crippen LogP contribution in [-0.2, 0) is 4.79 Å². The highest BCUT2D eigenvalue weighted by molar-refractivity contribution is 6.34. The monoisotopic (exact) mass is 330 g/mol. The normalized spacial score (nSPS) is 20.2. The van der Waals surface area contributed by atoms with Crippen LogP contribution >= 0.6 is 23.2 Å². The van der Waals surface area contributed by atoms with E-state index in [4.69, 9.17) is 33.7 Å². The molecule has 2 atom stereocenters. The van der Waals surface area contributed by atoms with Gasteiger partial charge in [-0.05, 0) is 37.8 Å². The Bertz CT molecular complexity index is 508. The number of ether oxygens (including phenoxy) is 1. The number of nitrogens with zero attached hydrogens (tertiary/aromatic N) is 1. The van der Waals surface area contributed by atoms with Crippen molar-refractivity contribution in [3.8, 4) is 5.75 Å². The Labute approximate surface area is 135 Å². The van der Waals surface area contributed by atoms with Crippen LogP contribution in [0.4, 0.5) is 0 Å². The average Bonchev–Trinajstić information content (AvgIpc) is 2.48. The van der Waals surface area contributed by atoms with Crippen LogP contribution in [0.1, 0.15) is 19.8 Å². The highest BCUT2D eigenvalue weighted by Gasteiger charge is 2.26. The molecule has 1 aromatic rings. The second kappa shape index (κ2) is 7.34. The van der Waals surface area contributed by atoms with Crippen molar-refractivity contribution in [2.75, 3.05) is 19.7 Å². The summed E-state index contributed by atoms with van der Waals surface area (Å²) >= 11 is 11.9. The third-order valence-corrected chi connectivity index (χ3v) is 4.35. The summed E-state index contributed by atoms with van der Waals surface area (Å²) in [5.74, 6) is 0.743. The molecule has 0 radical (unpaired) electrons. The fourth-order valence-electron chi connectivity index (χ4n) is 2.48. The number of amides is 1.